The molecule has 0 radical (unpaired) electrons. The molecule has 6 heteroatoms. The Morgan fingerprint density at radius 3 is 2.31 bits per heavy atom. The van der Waals surface area contributed by atoms with Gasteiger partial charge >= 0.3 is 5.97 Å². The van der Waals surface area contributed by atoms with Crippen molar-refractivity contribution in [3.05, 3.63) is 59.1 Å². The fourth-order valence-corrected chi connectivity index (χ4v) is 2.21. The Hall–Kier alpha value is -2.53. The molecule has 0 saturated carbocycles. The number of esters is 1. The average Bonchev–Trinajstić information content (AvgIpc) is 2.62. The Balaban J connectivity index is 1.91. The van der Waals surface area contributed by atoms with E-state index in [1.807, 2.05) is 0 Å². The van der Waals surface area contributed by atoms with E-state index >= 15 is 0 Å². The van der Waals surface area contributed by atoms with Crippen molar-refractivity contribution in [2.45, 2.75) is 26.9 Å². The summed E-state index contributed by atoms with van der Waals surface area (Å²) in [5.41, 5.74) is 0.813. The monoisotopic (exact) mass is 375 g/mol. The van der Waals surface area contributed by atoms with Gasteiger partial charge in [-0.1, -0.05) is 37.6 Å². The number of benzene rings is 2. The molecular weight excluding hydrogens is 354 g/mol. The minimum Gasteiger partial charge on any atom is -0.493 e. The van der Waals surface area contributed by atoms with E-state index in [1.54, 1.807) is 48.5 Å². The predicted molar refractivity (Wildman–Crippen MR) is 102 cm³/mol. The molecule has 0 aliphatic heterocycles. The summed E-state index contributed by atoms with van der Waals surface area (Å²) in [4.78, 5) is 24.4. The summed E-state index contributed by atoms with van der Waals surface area (Å²) >= 11 is 6.00. The van der Waals surface area contributed by atoms with E-state index in [0.717, 1.165) is 0 Å². The van der Waals surface area contributed by atoms with Crippen LogP contribution in [-0.4, -0.2) is 24.6 Å². The number of rotatable bonds is 7. The van der Waals surface area contributed by atoms with Gasteiger partial charge in [-0.15, -0.1) is 0 Å². The van der Waals surface area contributed by atoms with Crippen molar-refractivity contribution in [2.75, 3.05) is 11.9 Å². The maximum Gasteiger partial charge on any atom is 0.338 e. The van der Waals surface area contributed by atoms with Crippen LogP contribution in [0.4, 0.5) is 5.69 Å². The van der Waals surface area contributed by atoms with E-state index in [4.69, 9.17) is 21.1 Å². The smallest absolute Gasteiger partial charge is 0.338 e. The van der Waals surface area contributed by atoms with Gasteiger partial charge in [0, 0.05) is 0 Å². The third-order valence-electron chi connectivity index (χ3n) is 3.46. The zero-order valence-electron chi connectivity index (χ0n) is 15.0. The van der Waals surface area contributed by atoms with E-state index < -0.39 is 18.0 Å². The number of carbonyl (C=O) groups excluding carboxylic acids is 2. The molecule has 1 atom stereocenters. The Bertz CT molecular complexity index is 759. The second-order valence-electron chi connectivity index (χ2n) is 6.25. The first kappa shape index (κ1) is 19.8. The summed E-state index contributed by atoms with van der Waals surface area (Å²) in [6, 6.07) is 13.5. The molecule has 2 rings (SSSR count). The molecule has 0 aliphatic carbocycles. The molecule has 0 unspecified atom stereocenters. The van der Waals surface area contributed by atoms with Crippen LogP contribution in [0, 0.1) is 5.92 Å². The lowest BCUT2D eigenvalue weighted by molar-refractivity contribution is -0.123. The summed E-state index contributed by atoms with van der Waals surface area (Å²) in [5.74, 6) is 0.0578. The molecule has 26 heavy (non-hydrogen) atoms. The Kier molecular flexibility index (Phi) is 7.04. The fraction of sp³-hybridized carbons (Fsp3) is 0.300. The highest BCUT2D eigenvalue weighted by molar-refractivity contribution is 6.33. The zero-order valence-corrected chi connectivity index (χ0v) is 15.7. The van der Waals surface area contributed by atoms with E-state index in [0.29, 0.717) is 34.5 Å². The van der Waals surface area contributed by atoms with Gasteiger partial charge in [0.15, 0.2) is 6.10 Å². The SMILES string of the molecule is CC(C)COc1ccc(C(=O)O[C@H](C)C(=O)Nc2ccccc2Cl)cc1. The normalized spacial score (nSPS) is 11.7. The van der Waals surface area contributed by atoms with Crippen LogP contribution >= 0.6 is 11.6 Å². The molecule has 0 aliphatic rings. The van der Waals surface area contributed by atoms with Crippen LogP contribution in [0.25, 0.3) is 0 Å². The second-order valence-corrected chi connectivity index (χ2v) is 6.65. The van der Waals surface area contributed by atoms with Crippen LogP contribution in [0.2, 0.25) is 5.02 Å². The first-order valence-corrected chi connectivity index (χ1v) is 8.74. The molecule has 0 fully saturated rings. The van der Waals surface area contributed by atoms with Crippen molar-refractivity contribution in [2.24, 2.45) is 5.92 Å². The number of para-hydroxylation sites is 1. The van der Waals surface area contributed by atoms with Crippen molar-refractivity contribution < 1.29 is 19.1 Å². The van der Waals surface area contributed by atoms with Crippen LogP contribution in [0.15, 0.2) is 48.5 Å². The zero-order chi connectivity index (χ0) is 19.1. The van der Waals surface area contributed by atoms with Crippen LogP contribution in [0.1, 0.15) is 31.1 Å². The van der Waals surface area contributed by atoms with Crippen LogP contribution < -0.4 is 10.1 Å². The maximum absolute atomic E-state index is 12.2. The van der Waals surface area contributed by atoms with Crippen molar-refractivity contribution in [1.29, 1.82) is 0 Å². The fourth-order valence-electron chi connectivity index (χ4n) is 2.03. The van der Waals surface area contributed by atoms with Crippen molar-refractivity contribution in [1.82, 2.24) is 0 Å². The minimum absolute atomic E-state index is 0.347. The molecule has 5 nitrogen and oxygen atoms in total. The summed E-state index contributed by atoms with van der Waals surface area (Å²) in [6.45, 7) is 6.22. The summed E-state index contributed by atoms with van der Waals surface area (Å²) < 4.78 is 10.8. The van der Waals surface area contributed by atoms with Crippen molar-refractivity contribution in [3.63, 3.8) is 0 Å². The number of nitrogens with one attached hydrogen (secondary N) is 1. The average molecular weight is 376 g/mol. The maximum atomic E-state index is 12.2. The van der Waals surface area contributed by atoms with E-state index in [9.17, 15) is 9.59 Å². The van der Waals surface area contributed by atoms with Gasteiger partial charge in [-0.25, -0.2) is 4.79 Å². The summed E-state index contributed by atoms with van der Waals surface area (Å²) in [5, 5.41) is 3.05. The molecule has 2 aromatic rings. The highest BCUT2D eigenvalue weighted by Crippen LogP contribution is 2.21. The van der Waals surface area contributed by atoms with Crippen LogP contribution in [0.5, 0.6) is 5.75 Å². The molecule has 2 aromatic carbocycles. The molecule has 1 N–H and O–H groups in total. The lowest BCUT2D eigenvalue weighted by atomic mass is 10.2. The molecule has 0 saturated heterocycles. The number of halogens is 1. The van der Waals surface area contributed by atoms with Gasteiger partial charge in [0.2, 0.25) is 0 Å². The molecular formula is C20H22ClNO4. The second kappa shape index (κ2) is 9.25. The summed E-state index contributed by atoms with van der Waals surface area (Å²) in [6.07, 6.45) is -0.962. The van der Waals surface area contributed by atoms with Gasteiger partial charge in [0.05, 0.1) is 22.9 Å². The largest absolute Gasteiger partial charge is 0.493 e. The first-order valence-electron chi connectivity index (χ1n) is 8.36. The van der Waals surface area contributed by atoms with Gasteiger partial charge in [-0.2, -0.15) is 0 Å². The number of hydrogen-bond acceptors (Lipinski definition) is 4. The lowest BCUT2D eigenvalue weighted by Gasteiger charge is -2.14. The minimum atomic E-state index is -0.962. The van der Waals surface area contributed by atoms with Crippen molar-refractivity contribution in [3.8, 4) is 5.75 Å². The number of hydrogen-bond donors (Lipinski definition) is 1. The van der Waals surface area contributed by atoms with Gasteiger partial charge in [0.25, 0.3) is 5.91 Å². The Labute approximate surface area is 158 Å². The molecule has 0 bridgehead atoms. The first-order chi connectivity index (χ1) is 12.4. The van der Waals surface area contributed by atoms with Crippen LogP contribution in [-0.2, 0) is 9.53 Å². The number of anilines is 1. The standard InChI is InChI=1S/C20H22ClNO4/c1-13(2)12-25-16-10-8-15(9-11-16)20(24)26-14(3)19(23)22-18-7-5-4-6-17(18)21/h4-11,13-14H,12H2,1-3H3,(H,22,23)/t14-/m1/s1. The Morgan fingerprint density at radius 1 is 1.04 bits per heavy atom. The third kappa shape index (κ3) is 5.77. The molecule has 138 valence electrons. The van der Waals surface area contributed by atoms with E-state index in [1.165, 1.54) is 6.92 Å². The van der Waals surface area contributed by atoms with Crippen molar-refractivity contribution >= 4 is 29.2 Å². The number of ether oxygens (including phenoxy) is 2. The quantitative estimate of drug-likeness (QED) is 0.720. The number of carbonyl (C=O) groups is 2. The molecule has 0 aromatic heterocycles. The third-order valence-corrected chi connectivity index (χ3v) is 3.79. The highest BCUT2D eigenvalue weighted by atomic mass is 35.5. The lowest BCUT2D eigenvalue weighted by Crippen LogP contribution is -2.30. The van der Waals surface area contributed by atoms with Gasteiger partial charge in [-0.3, -0.25) is 4.79 Å². The van der Waals surface area contributed by atoms with E-state index in [2.05, 4.69) is 19.2 Å². The summed E-state index contributed by atoms with van der Waals surface area (Å²) in [7, 11) is 0. The highest BCUT2D eigenvalue weighted by Gasteiger charge is 2.19. The molecule has 0 spiro atoms. The number of amides is 1. The van der Waals surface area contributed by atoms with E-state index in [-0.39, 0.29) is 0 Å². The van der Waals surface area contributed by atoms with Gasteiger partial charge in [-0.05, 0) is 49.2 Å². The van der Waals surface area contributed by atoms with Gasteiger partial charge in [0.1, 0.15) is 5.75 Å². The topological polar surface area (TPSA) is 64.6 Å². The molecule has 0 heterocycles. The Morgan fingerprint density at radius 2 is 1.69 bits per heavy atom. The molecule has 1 amide bonds. The predicted octanol–water partition coefficient (Wildman–Crippen LogP) is 4.56. The van der Waals surface area contributed by atoms with Gasteiger partial charge < -0.3 is 14.8 Å². The van der Waals surface area contributed by atoms with Crippen LogP contribution in [0.3, 0.4) is 0 Å².